The van der Waals surface area contributed by atoms with Crippen LogP contribution in [0.4, 0.5) is 10.1 Å². The average molecular weight is 452 g/mol. The van der Waals surface area contributed by atoms with E-state index in [0.29, 0.717) is 30.7 Å². The first-order valence-electron chi connectivity index (χ1n) is 13.2. The van der Waals surface area contributed by atoms with Crippen molar-refractivity contribution in [3.8, 4) is 0 Å². The van der Waals surface area contributed by atoms with Crippen molar-refractivity contribution in [2.75, 3.05) is 18.0 Å². The van der Waals surface area contributed by atoms with Gasteiger partial charge in [0.25, 0.3) is 0 Å². The number of hydrogen-bond acceptors (Lipinski definition) is 3. The Balaban J connectivity index is 1.57. The molecule has 0 radical (unpaired) electrons. The molecule has 33 heavy (non-hydrogen) atoms. The normalized spacial score (nSPS) is 30.8. The van der Waals surface area contributed by atoms with E-state index < -0.39 is 5.67 Å². The van der Waals surface area contributed by atoms with Gasteiger partial charge in [-0.3, -0.25) is 4.99 Å². The number of amidine groups is 1. The van der Waals surface area contributed by atoms with Gasteiger partial charge in [-0.2, -0.15) is 0 Å². The van der Waals surface area contributed by atoms with E-state index in [2.05, 4.69) is 61.5 Å². The second-order valence-corrected chi connectivity index (χ2v) is 11.0. The Hall–Kier alpha value is -1.97. The molecule has 4 heteroatoms. The molecule has 0 N–H and O–H groups in total. The molecule has 0 aromatic heterocycles. The largest absolute Gasteiger partial charge is 0.345 e. The standard InChI is InChI=1S/C29H42FN3/c1-6-10-27-31-19-26(32-27)23-11-9-12-24(16-23)33(21(4)25-18-29(25,30)8-3)20-22-13-15-28(5,17-22)14-7-2/h9,11-12,16,22,25H,4,6-8,10,13-15,17-20H2,1-3,5H3. The minimum absolute atomic E-state index is 0.0575. The molecule has 1 aromatic carbocycles. The van der Waals surface area contributed by atoms with Crippen LogP contribution in [0.5, 0.6) is 0 Å². The number of allylic oxidation sites excluding steroid dienone is 1. The zero-order valence-corrected chi connectivity index (χ0v) is 21.2. The quantitative estimate of drug-likeness (QED) is 0.338. The van der Waals surface area contributed by atoms with Gasteiger partial charge in [0, 0.05) is 30.3 Å². The summed E-state index contributed by atoms with van der Waals surface area (Å²) in [5, 5.41) is 0. The van der Waals surface area contributed by atoms with E-state index in [1.807, 2.05) is 6.92 Å². The molecule has 1 aromatic rings. The molecule has 1 aliphatic heterocycles. The molecule has 180 valence electrons. The number of alkyl halides is 1. The summed E-state index contributed by atoms with van der Waals surface area (Å²) < 4.78 is 15.1. The summed E-state index contributed by atoms with van der Waals surface area (Å²) in [4.78, 5) is 11.7. The Bertz CT molecular complexity index is 935. The molecule has 3 aliphatic rings. The van der Waals surface area contributed by atoms with Gasteiger partial charge in [-0.05, 0) is 74.0 Å². The summed E-state index contributed by atoms with van der Waals surface area (Å²) in [6.45, 7) is 14.9. The molecule has 2 aliphatic carbocycles. The fraction of sp³-hybridized carbons (Fsp3) is 0.655. The first kappa shape index (κ1) is 24.2. The summed E-state index contributed by atoms with van der Waals surface area (Å²) >= 11 is 0. The molecule has 3 nitrogen and oxygen atoms in total. The minimum atomic E-state index is -1.07. The topological polar surface area (TPSA) is 28.0 Å². The van der Waals surface area contributed by atoms with Crippen LogP contribution in [0.15, 0.2) is 46.5 Å². The molecule has 4 unspecified atom stereocenters. The van der Waals surface area contributed by atoms with Gasteiger partial charge in [0.2, 0.25) is 0 Å². The van der Waals surface area contributed by atoms with Crippen LogP contribution in [0.2, 0.25) is 0 Å². The fourth-order valence-corrected chi connectivity index (χ4v) is 6.12. The predicted molar refractivity (Wildman–Crippen MR) is 139 cm³/mol. The van der Waals surface area contributed by atoms with Crippen LogP contribution in [-0.4, -0.2) is 30.3 Å². The van der Waals surface area contributed by atoms with Gasteiger partial charge in [0.1, 0.15) is 11.5 Å². The maximum Gasteiger partial charge on any atom is 0.124 e. The minimum Gasteiger partial charge on any atom is -0.345 e. The van der Waals surface area contributed by atoms with E-state index in [1.54, 1.807) is 0 Å². The maximum absolute atomic E-state index is 15.1. The van der Waals surface area contributed by atoms with Crippen LogP contribution in [0, 0.1) is 17.3 Å². The zero-order valence-electron chi connectivity index (χ0n) is 21.2. The molecule has 4 rings (SSSR count). The third-order valence-electron chi connectivity index (χ3n) is 8.22. The highest BCUT2D eigenvalue weighted by Crippen LogP contribution is 2.55. The third kappa shape index (κ3) is 5.25. The van der Waals surface area contributed by atoms with E-state index in [1.165, 1.54) is 32.1 Å². The number of nitrogens with zero attached hydrogens (tertiary/aromatic N) is 3. The molecule has 2 saturated carbocycles. The smallest absolute Gasteiger partial charge is 0.124 e. The fourth-order valence-electron chi connectivity index (χ4n) is 6.12. The van der Waals surface area contributed by atoms with Gasteiger partial charge in [0.05, 0.1) is 12.3 Å². The highest BCUT2D eigenvalue weighted by atomic mass is 19.1. The van der Waals surface area contributed by atoms with Gasteiger partial charge in [-0.25, -0.2) is 9.38 Å². The van der Waals surface area contributed by atoms with E-state index in [9.17, 15) is 0 Å². The van der Waals surface area contributed by atoms with Crippen molar-refractivity contribution in [2.45, 2.75) is 91.2 Å². The molecule has 4 atom stereocenters. The third-order valence-corrected chi connectivity index (χ3v) is 8.22. The highest BCUT2D eigenvalue weighted by Gasteiger charge is 2.56. The Kier molecular flexibility index (Phi) is 7.12. The molecule has 2 fully saturated rings. The van der Waals surface area contributed by atoms with Crippen LogP contribution < -0.4 is 4.90 Å². The number of hydrogen-bond donors (Lipinski definition) is 0. The van der Waals surface area contributed by atoms with Gasteiger partial charge >= 0.3 is 0 Å². The first-order chi connectivity index (χ1) is 15.8. The average Bonchev–Trinajstić information content (AvgIpc) is 3.10. The lowest BCUT2D eigenvalue weighted by atomic mass is 9.83. The van der Waals surface area contributed by atoms with Crippen LogP contribution in [-0.2, 0) is 0 Å². The lowest BCUT2D eigenvalue weighted by Crippen LogP contribution is -2.30. The van der Waals surface area contributed by atoms with Crippen LogP contribution >= 0.6 is 0 Å². The molecular weight excluding hydrogens is 409 g/mol. The van der Waals surface area contributed by atoms with Crippen molar-refractivity contribution >= 4 is 17.2 Å². The molecule has 0 bridgehead atoms. The second kappa shape index (κ2) is 9.72. The lowest BCUT2D eigenvalue weighted by molar-refractivity contribution is 0.278. The second-order valence-electron chi connectivity index (χ2n) is 11.0. The van der Waals surface area contributed by atoms with Gasteiger partial charge in [-0.1, -0.05) is 52.8 Å². The van der Waals surface area contributed by atoms with Crippen LogP contribution in [0.25, 0.3) is 0 Å². The van der Waals surface area contributed by atoms with Gasteiger partial charge < -0.3 is 4.90 Å². The SMILES string of the molecule is C=C(C1CC1(F)CC)N(CC1CCC(C)(CCC)C1)c1cccc(C2=NC(CCC)=NC2)c1. The van der Waals surface area contributed by atoms with Crippen molar-refractivity contribution < 1.29 is 4.39 Å². The number of rotatable bonds is 11. The van der Waals surface area contributed by atoms with Gasteiger partial charge in [-0.15, -0.1) is 0 Å². The van der Waals surface area contributed by atoms with E-state index in [-0.39, 0.29) is 5.92 Å². The Morgan fingerprint density at radius 2 is 2.03 bits per heavy atom. The van der Waals surface area contributed by atoms with E-state index >= 15 is 4.39 Å². The van der Waals surface area contributed by atoms with E-state index in [4.69, 9.17) is 4.99 Å². The first-order valence-corrected chi connectivity index (χ1v) is 13.2. The number of anilines is 1. The molecule has 0 saturated heterocycles. The Morgan fingerprint density at radius 3 is 2.73 bits per heavy atom. The Labute approximate surface area is 200 Å². The highest BCUT2D eigenvalue weighted by molar-refractivity contribution is 6.12. The van der Waals surface area contributed by atoms with Crippen LogP contribution in [0.3, 0.4) is 0 Å². The summed E-state index contributed by atoms with van der Waals surface area (Å²) in [5.74, 6) is 1.53. The number of aliphatic imine (C=N–C) groups is 2. The maximum atomic E-state index is 15.1. The van der Waals surface area contributed by atoms with Gasteiger partial charge in [0.15, 0.2) is 0 Å². The summed E-state index contributed by atoms with van der Waals surface area (Å²) in [6.07, 6.45) is 9.51. The summed E-state index contributed by atoms with van der Waals surface area (Å²) in [5.41, 5.74) is 3.63. The molecular formula is C29H42FN3. The molecule has 0 spiro atoms. The van der Waals surface area contributed by atoms with E-state index in [0.717, 1.165) is 47.9 Å². The van der Waals surface area contributed by atoms with Crippen molar-refractivity contribution in [2.24, 2.45) is 27.2 Å². The monoisotopic (exact) mass is 451 g/mol. The Morgan fingerprint density at radius 1 is 1.21 bits per heavy atom. The van der Waals surface area contributed by atoms with Crippen molar-refractivity contribution in [1.29, 1.82) is 0 Å². The zero-order chi connectivity index (χ0) is 23.6. The molecule has 0 amide bonds. The van der Waals surface area contributed by atoms with Crippen molar-refractivity contribution in [1.82, 2.24) is 0 Å². The number of benzene rings is 1. The number of halogens is 1. The van der Waals surface area contributed by atoms with Crippen molar-refractivity contribution in [3.05, 3.63) is 42.1 Å². The lowest BCUT2D eigenvalue weighted by Gasteiger charge is -2.31. The summed E-state index contributed by atoms with van der Waals surface area (Å²) in [7, 11) is 0. The summed E-state index contributed by atoms with van der Waals surface area (Å²) in [6, 6.07) is 8.62. The van der Waals surface area contributed by atoms with Crippen molar-refractivity contribution in [3.63, 3.8) is 0 Å². The molecule has 1 heterocycles. The predicted octanol–water partition coefficient (Wildman–Crippen LogP) is 7.75. The van der Waals surface area contributed by atoms with Crippen LogP contribution in [0.1, 0.15) is 91.0 Å².